The van der Waals surface area contributed by atoms with Crippen molar-refractivity contribution in [1.29, 1.82) is 0 Å². The van der Waals surface area contributed by atoms with Gasteiger partial charge in [0.15, 0.2) is 0 Å². The van der Waals surface area contributed by atoms with Gasteiger partial charge in [-0.05, 0) is 51.5 Å². The van der Waals surface area contributed by atoms with Gasteiger partial charge in [-0.3, -0.25) is 0 Å². The van der Waals surface area contributed by atoms with Gasteiger partial charge in [0.25, 0.3) is 0 Å². The molecule has 0 unspecified atom stereocenters. The first-order valence-electron chi connectivity index (χ1n) is 10.0. The second-order valence-corrected chi connectivity index (χ2v) is 9.79. The summed E-state index contributed by atoms with van der Waals surface area (Å²) in [6.45, 7) is 8.87. The van der Waals surface area contributed by atoms with Gasteiger partial charge < -0.3 is 14.1 Å². The van der Waals surface area contributed by atoms with E-state index in [0.717, 1.165) is 16.7 Å². The minimum Gasteiger partial charge on any atom is -0.419 e. The molecular weight excluding hydrogens is 400 g/mol. The van der Waals surface area contributed by atoms with Crippen molar-refractivity contribution in [2.24, 2.45) is 0 Å². The first-order valence-corrected chi connectivity index (χ1v) is 11.5. The van der Waals surface area contributed by atoms with E-state index < -0.39 is 9.84 Å². The molecule has 1 aromatic heterocycles. The molecule has 6 nitrogen and oxygen atoms in total. The standard InChI is InChI=1S/C23H26N2O4S/c1-15-9-11-19(12-10-15)30(26,27)22-23(25-13-17(3)28-18(4)14-25)29-21(24-22)20-8-6-5-7-16(20)2/h5-12,17-18H,13-14H2,1-4H3/t17-,18-/m0/s1. The second-order valence-electron chi connectivity index (χ2n) is 7.92. The van der Waals surface area contributed by atoms with Gasteiger partial charge in [0.05, 0.1) is 17.1 Å². The maximum Gasteiger partial charge on any atom is 0.236 e. The van der Waals surface area contributed by atoms with Crippen molar-refractivity contribution in [3.05, 3.63) is 59.7 Å². The normalized spacial score (nSPS) is 19.8. The molecule has 1 aliphatic heterocycles. The maximum atomic E-state index is 13.5. The van der Waals surface area contributed by atoms with E-state index in [1.54, 1.807) is 24.3 Å². The fourth-order valence-electron chi connectivity index (χ4n) is 3.77. The highest BCUT2D eigenvalue weighted by Gasteiger charge is 2.34. The number of morpholine rings is 1. The van der Waals surface area contributed by atoms with Gasteiger partial charge in [-0.15, -0.1) is 0 Å². The van der Waals surface area contributed by atoms with Crippen LogP contribution in [0.25, 0.3) is 11.5 Å². The number of aromatic nitrogens is 1. The van der Waals surface area contributed by atoms with Crippen LogP contribution in [0.2, 0.25) is 0 Å². The molecule has 0 amide bonds. The molecule has 2 aromatic carbocycles. The summed E-state index contributed by atoms with van der Waals surface area (Å²) in [4.78, 5) is 6.63. The quantitative estimate of drug-likeness (QED) is 0.616. The fourth-order valence-corrected chi connectivity index (χ4v) is 5.10. The lowest BCUT2D eigenvalue weighted by Crippen LogP contribution is -2.45. The highest BCUT2D eigenvalue weighted by Crippen LogP contribution is 2.36. The van der Waals surface area contributed by atoms with E-state index in [1.165, 1.54) is 0 Å². The maximum absolute atomic E-state index is 13.5. The van der Waals surface area contributed by atoms with E-state index >= 15 is 0 Å². The van der Waals surface area contributed by atoms with E-state index in [2.05, 4.69) is 4.98 Å². The Morgan fingerprint density at radius 3 is 2.23 bits per heavy atom. The lowest BCUT2D eigenvalue weighted by molar-refractivity contribution is -0.00657. The highest BCUT2D eigenvalue weighted by atomic mass is 32.2. The van der Waals surface area contributed by atoms with Crippen LogP contribution in [0.4, 0.5) is 5.88 Å². The predicted octanol–water partition coefficient (Wildman–Crippen LogP) is 4.40. The summed E-state index contributed by atoms with van der Waals surface area (Å²) in [7, 11) is -3.86. The third-order valence-electron chi connectivity index (χ3n) is 5.25. The molecule has 0 aliphatic carbocycles. The van der Waals surface area contributed by atoms with Gasteiger partial charge in [0, 0.05) is 18.7 Å². The third kappa shape index (κ3) is 3.87. The van der Waals surface area contributed by atoms with E-state index in [0.29, 0.717) is 19.0 Å². The van der Waals surface area contributed by atoms with Gasteiger partial charge >= 0.3 is 0 Å². The second kappa shape index (κ2) is 7.89. The Bertz CT molecular complexity index is 1140. The van der Waals surface area contributed by atoms with Gasteiger partial charge in [-0.25, -0.2) is 8.42 Å². The number of anilines is 1. The number of nitrogens with zero attached hydrogens (tertiary/aromatic N) is 2. The van der Waals surface area contributed by atoms with Crippen molar-refractivity contribution in [2.45, 2.75) is 49.8 Å². The smallest absolute Gasteiger partial charge is 0.236 e. The van der Waals surface area contributed by atoms with Crippen LogP contribution in [-0.4, -0.2) is 38.7 Å². The minimum atomic E-state index is -3.86. The molecule has 1 aliphatic rings. The topological polar surface area (TPSA) is 72.6 Å². The van der Waals surface area contributed by atoms with Crippen LogP contribution in [0, 0.1) is 13.8 Å². The van der Waals surface area contributed by atoms with Gasteiger partial charge in [-0.2, -0.15) is 4.98 Å². The number of rotatable bonds is 4. The first-order chi connectivity index (χ1) is 14.3. The molecule has 2 heterocycles. The van der Waals surface area contributed by atoms with Crippen molar-refractivity contribution in [1.82, 2.24) is 4.98 Å². The molecule has 2 atom stereocenters. The monoisotopic (exact) mass is 426 g/mol. The lowest BCUT2D eigenvalue weighted by Gasteiger charge is -2.35. The summed E-state index contributed by atoms with van der Waals surface area (Å²) in [6.07, 6.45) is -0.0913. The number of sulfone groups is 1. The molecule has 4 rings (SSSR count). The molecule has 3 aromatic rings. The first kappa shape index (κ1) is 20.6. The number of oxazole rings is 1. The summed E-state index contributed by atoms with van der Waals surface area (Å²) < 4.78 is 39.0. The van der Waals surface area contributed by atoms with E-state index in [4.69, 9.17) is 9.15 Å². The van der Waals surface area contributed by atoms with E-state index in [-0.39, 0.29) is 28.0 Å². The van der Waals surface area contributed by atoms with Crippen molar-refractivity contribution >= 4 is 15.7 Å². The molecule has 30 heavy (non-hydrogen) atoms. The Morgan fingerprint density at radius 1 is 0.967 bits per heavy atom. The molecule has 0 N–H and O–H groups in total. The van der Waals surface area contributed by atoms with Crippen LogP contribution in [0.15, 0.2) is 62.9 Å². The van der Waals surface area contributed by atoms with E-state index in [1.807, 2.05) is 56.9 Å². The lowest BCUT2D eigenvalue weighted by atomic mass is 10.1. The molecule has 0 spiro atoms. The van der Waals surface area contributed by atoms with Gasteiger partial charge in [0.1, 0.15) is 0 Å². The number of hydrogen-bond donors (Lipinski definition) is 0. The van der Waals surface area contributed by atoms with Crippen LogP contribution < -0.4 is 4.90 Å². The summed E-state index contributed by atoms with van der Waals surface area (Å²) in [5, 5.41) is -0.0501. The Kier molecular flexibility index (Phi) is 5.42. The summed E-state index contributed by atoms with van der Waals surface area (Å²) in [6, 6.07) is 14.4. The highest BCUT2D eigenvalue weighted by molar-refractivity contribution is 7.91. The molecular formula is C23H26N2O4S. The summed E-state index contributed by atoms with van der Waals surface area (Å²) in [5.41, 5.74) is 2.73. The third-order valence-corrected chi connectivity index (χ3v) is 6.92. The number of ether oxygens (including phenoxy) is 1. The average molecular weight is 427 g/mol. The fraction of sp³-hybridized carbons (Fsp3) is 0.348. The SMILES string of the molecule is Cc1ccc(S(=O)(=O)c2nc(-c3ccccc3C)oc2N2C[C@H](C)O[C@@H](C)C2)cc1. The Hall–Kier alpha value is -2.64. The molecule has 0 saturated carbocycles. The molecule has 1 saturated heterocycles. The average Bonchev–Trinajstić information content (AvgIpc) is 3.14. The zero-order valence-electron chi connectivity index (χ0n) is 17.6. The minimum absolute atomic E-state index is 0.0457. The Morgan fingerprint density at radius 2 is 1.60 bits per heavy atom. The van der Waals surface area contributed by atoms with Gasteiger partial charge in [0.2, 0.25) is 26.6 Å². The largest absolute Gasteiger partial charge is 0.419 e. The van der Waals surface area contributed by atoms with Crippen molar-refractivity contribution < 1.29 is 17.6 Å². The van der Waals surface area contributed by atoms with Crippen LogP contribution in [0.1, 0.15) is 25.0 Å². The zero-order chi connectivity index (χ0) is 21.5. The zero-order valence-corrected chi connectivity index (χ0v) is 18.4. The van der Waals surface area contributed by atoms with Crippen LogP contribution in [0.5, 0.6) is 0 Å². The van der Waals surface area contributed by atoms with Crippen molar-refractivity contribution in [2.75, 3.05) is 18.0 Å². The number of hydrogen-bond acceptors (Lipinski definition) is 6. The van der Waals surface area contributed by atoms with Crippen LogP contribution in [-0.2, 0) is 14.6 Å². The number of aryl methyl sites for hydroxylation is 2. The molecule has 158 valence electrons. The molecule has 0 radical (unpaired) electrons. The van der Waals surface area contributed by atoms with Gasteiger partial charge in [-0.1, -0.05) is 35.9 Å². The predicted molar refractivity (Wildman–Crippen MR) is 116 cm³/mol. The molecule has 1 fully saturated rings. The summed E-state index contributed by atoms with van der Waals surface area (Å²) in [5.74, 6) is 0.580. The van der Waals surface area contributed by atoms with E-state index in [9.17, 15) is 8.42 Å². The van der Waals surface area contributed by atoms with Crippen LogP contribution >= 0.6 is 0 Å². The molecule has 7 heteroatoms. The Labute approximate surface area is 177 Å². The van der Waals surface area contributed by atoms with Crippen molar-refractivity contribution in [3.63, 3.8) is 0 Å². The number of benzene rings is 2. The van der Waals surface area contributed by atoms with Crippen LogP contribution in [0.3, 0.4) is 0 Å². The Balaban J connectivity index is 1.87. The summed E-state index contributed by atoms with van der Waals surface area (Å²) >= 11 is 0. The molecule has 0 bridgehead atoms. The van der Waals surface area contributed by atoms with Crippen molar-refractivity contribution in [3.8, 4) is 11.5 Å².